The van der Waals surface area contributed by atoms with Crippen molar-refractivity contribution in [2.24, 2.45) is 5.92 Å². The van der Waals surface area contributed by atoms with E-state index in [1.165, 1.54) is 17.7 Å². The van der Waals surface area contributed by atoms with Crippen LogP contribution in [-0.2, 0) is 4.79 Å². The zero-order chi connectivity index (χ0) is 18.5. The third-order valence-electron chi connectivity index (χ3n) is 5.89. The third kappa shape index (κ3) is 4.51. The lowest BCUT2D eigenvalue weighted by Gasteiger charge is -2.24. The van der Waals surface area contributed by atoms with Crippen LogP contribution in [0.2, 0.25) is 0 Å². The van der Waals surface area contributed by atoms with Crippen LogP contribution in [0, 0.1) is 5.92 Å². The standard InChI is InChI=1S/C23H29N3O/c27-23(18-26-14-7-12-22(26)20-8-3-1-4-9-20)24-16-19-13-15-25(17-19)21-10-5-2-6-11-21/h1-6,8-11,19,22H,7,12-18H2,(H,24,27)/t19-,22+/m1/s1. The lowest BCUT2D eigenvalue weighted by atomic mass is 10.0. The molecule has 2 atom stereocenters. The summed E-state index contributed by atoms with van der Waals surface area (Å²) in [5.74, 6) is 0.702. The average Bonchev–Trinajstić information content (AvgIpc) is 3.37. The van der Waals surface area contributed by atoms with Gasteiger partial charge in [-0.1, -0.05) is 48.5 Å². The minimum atomic E-state index is 0.163. The zero-order valence-corrected chi connectivity index (χ0v) is 15.9. The van der Waals surface area contributed by atoms with Gasteiger partial charge < -0.3 is 10.2 Å². The predicted octanol–water partition coefficient (Wildman–Crippen LogP) is 3.47. The van der Waals surface area contributed by atoms with Crippen LogP contribution in [0.25, 0.3) is 0 Å². The van der Waals surface area contributed by atoms with Crippen LogP contribution in [0.15, 0.2) is 60.7 Å². The molecule has 2 heterocycles. The van der Waals surface area contributed by atoms with Gasteiger partial charge in [0.1, 0.15) is 0 Å². The van der Waals surface area contributed by atoms with Gasteiger partial charge in [-0.3, -0.25) is 9.69 Å². The Labute approximate surface area is 162 Å². The Balaban J connectivity index is 1.24. The van der Waals surface area contributed by atoms with E-state index >= 15 is 0 Å². The first-order valence-corrected chi connectivity index (χ1v) is 10.2. The number of carbonyl (C=O) groups excluding carboxylic acids is 1. The molecule has 2 aromatic rings. The first-order valence-electron chi connectivity index (χ1n) is 10.2. The Morgan fingerprint density at radius 2 is 1.70 bits per heavy atom. The van der Waals surface area contributed by atoms with Crippen molar-refractivity contribution < 1.29 is 4.79 Å². The van der Waals surface area contributed by atoms with Crippen LogP contribution in [0.5, 0.6) is 0 Å². The fourth-order valence-corrected chi connectivity index (χ4v) is 4.44. The summed E-state index contributed by atoms with van der Waals surface area (Å²) in [5, 5.41) is 3.19. The molecule has 0 saturated carbocycles. The molecular formula is C23H29N3O. The van der Waals surface area contributed by atoms with Crippen LogP contribution < -0.4 is 10.2 Å². The molecule has 0 aliphatic carbocycles. The van der Waals surface area contributed by atoms with Gasteiger partial charge in [-0.05, 0) is 49.4 Å². The Morgan fingerprint density at radius 1 is 0.963 bits per heavy atom. The highest BCUT2D eigenvalue weighted by molar-refractivity contribution is 5.78. The molecule has 2 saturated heterocycles. The smallest absolute Gasteiger partial charge is 0.234 e. The minimum absolute atomic E-state index is 0.163. The fourth-order valence-electron chi connectivity index (χ4n) is 4.44. The summed E-state index contributed by atoms with van der Waals surface area (Å²) in [7, 11) is 0. The lowest BCUT2D eigenvalue weighted by molar-refractivity contribution is -0.122. The molecule has 2 fully saturated rings. The second-order valence-electron chi connectivity index (χ2n) is 7.78. The average molecular weight is 364 g/mol. The number of para-hydroxylation sites is 1. The maximum absolute atomic E-state index is 12.5. The molecular weight excluding hydrogens is 334 g/mol. The molecule has 4 heteroatoms. The van der Waals surface area contributed by atoms with E-state index < -0.39 is 0 Å². The SMILES string of the molecule is O=C(CN1CCC[C@H]1c1ccccc1)NC[C@H]1CCN(c2ccccc2)C1. The predicted molar refractivity (Wildman–Crippen MR) is 110 cm³/mol. The second-order valence-corrected chi connectivity index (χ2v) is 7.78. The normalized spacial score (nSPS) is 22.9. The number of amides is 1. The molecule has 0 unspecified atom stereocenters. The van der Waals surface area contributed by atoms with Gasteiger partial charge in [0.2, 0.25) is 5.91 Å². The van der Waals surface area contributed by atoms with Gasteiger partial charge in [0, 0.05) is 31.4 Å². The van der Waals surface area contributed by atoms with Gasteiger partial charge in [0.05, 0.1) is 6.54 Å². The van der Waals surface area contributed by atoms with Crippen molar-refractivity contribution in [3.63, 3.8) is 0 Å². The molecule has 0 spiro atoms. The molecule has 2 aromatic carbocycles. The number of hydrogen-bond acceptors (Lipinski definition) is 3. The molecule has 0 bridgehead atoms. The van der Waals surface area contributed by atoms with Crippen LogP contribution in [0.3, 0.4) is 0 Å². The number of nitrogens with one attached hydrogen (secondary N) is 1. The Morgan fingerprint density at radius 3 is 2.48 bits per heavy atom. The van der Waals surface area contributed by atoms with Crippen molar-refractivity contribution in [2.75, 3.05) is 37.6 Å². The largest absolute Gasteiger partial charge is 0.371 e. The van der Waals surface area contributed by atoms with E-state index in [0.717, 1.165) is 39.0 Å². The molecule has 0 radical (unpaired) electrons. The van der Waals surface area contributed by atoms with Gasteiger partial charge in [0.25, 0.3) is 0 Å². The third-order valence-corrected chi connectivity index (χ3v) is 5.89. The van der Waals surface area contributed by atoms with Gasteiger partial charge in [-0.15, -0.1) is 0 Å². The maximum Gasteiger partial charge on any atom is 0.234 e. The van der Waals surface area contributed by atoms with Gasteiger partial charge in [0.15, 0.2) is 0 Å². The van der Waals surface area contributed by atoms with Crippen molar-refractivity contribution in [1.29, 1.82) is 0 Å². The van der Waals surface area contributed by atoms with Crippen LogP contribution >= 0.6 is 0 Å². The molecule has 2 aliphatic heterocycles. The molecule has 2 aliphatic rings. The highest BCUT2D eigenvalue weighted by Crippen LogP contribution is 2.31. The van der Waals surface area contributed by atoms with E-state index in [4.69, 9.17) is 0 Å². The number of benzene rings is 2. The van der Waals surface area contributed by atoms with Crippen molar-refractivity contribution in [3.05, 3.63) is 66.2 Å². The number of carbonyl (C=O) groups is 1. The topological polar surface area (TPSA) is 35.6 Å². The highest BCUT2D eigenvalue weighted by Gasteiger charge is 2.28. The minimum Gasteiger partial charge on any atom is -0.371 e. The van der Waals surface area contributed by atoms with E-state index in [2.05, 4.69) is 75.8 Å². The van der Waals surface area contributed by atoms with Crippen LogP contribution in [0.1, 0.15) is 30.9 Å². The number of rotatable bonds is 6. The van der Waals surface area contributed by atoms with E-state index in [1.807, 2.05) is 0 Å². The number of nitrogens with zero attached hydrogens (tertiary/aromatic N) is 2. The van der Waals surface area contributed by atoms with Crippen molar-refractivity contribution >= 4 is 11.6 Å². The number of hydrogen-bond donors (Lipinski definition) is 1. The van der Waals surface area contributed by atoms with Crippen molar-refractivity contribution in [1.82, 2.24) is 10.2 Å². The summed E-state index contributed by atoms with van der Waals surface area (Å²) < 4.78 is 0. The Hall–Kier alpha value is -2.33. The fraction of sp³-hybridized carbons (Fsp3) is 0.435. The summed E-state index contributed by atoms with van der Waals surface area (Å²) in [6.07, 6.45) is 3.46. The highest BCUT2D eigenvalue weighted by atomic mass is 16.2. The van der Waals surface area contributed by atoms with Crippen molar-refractivity contribution in [2.45, 2.75) is 25.3 Å². The first kappa shape index (κ1) is 18.1. The Bertz CT molecular complexity index is 734. The quantitative estimate of drug-likeness (QED) is 0.854. The summed E-state index contributed by atoms with van der Waals surface area (Å²) in [4.78, 5) is 17.3. The first-order chi connectivity index (χ1) is 13.3. The number of likely N-dealkylation sites (tertiary alicyclic amines) is 1. The zero-order valence-electron chi connectivity index (χ0n) is 15.9. The summed E-state index contributed by atoms with van der Waals surface area (Å²) >= 11 is 0. The summed E-state index contributed by atoms with van der Waals surface area (Å²) in [5.41, 5.74) is 2.62. The summed E-state index contributed by atoms with van der Waals surface area (Å²) in [6, 6.07) is 21.5. The van der Waals surface area contributed by atoms with E-state index in [0.29, 0.717) is 18.5 Å². The molecule has 142 valence electrons. The molecule has 4 nitrogen and oxygen atoms in total. The van der Waals surface area contributed by atoms with Crippen LogP contribution in [-0.4, -0.2) is 43.5 Å². The monoisotopic (exact) mass is 363 g/mol. The van der Waals surface area contributed by atoms with Crippen molar-refractivity contribution in [3.8, 4) is 0 Å². The molecule has 4 rings (SSSR count). The molecule has 0 aromatic heterocycles. The van der Waals surface area contributed by atoms with E-state index in [-0.39, 0.29) is 5.91 Å². The maximum atomic E-state index is 12.5. The van der Waals surface area contributed by atoms with Crippen LogP contribution in [0.4, 0.5) is 5.69 Å². The Kier molecular flexibility index (Phi) is 5.73. The second kappa shape index (κ2) is 8.57. The lowest BCUT2D eigenvalue weighted by Crippen LogP contribution is -2.39. The molecule has 1 N–H and O–H groups in total. The van der Waals surface area contributed by atoms with E-state index in [1.54, 1.807) is 0 Å². The molecule has 27 heavy (non-hydrogen) atoms. The summed E-state index contributed by atoms with van der Waals surface area (Å²) in [6.45, 7) is 4.41. The number of anilines is 1. The molecule has 1 amide bonds. The van der Waals surface area contributed by atoms with Gasteiger partial charge >= 0.3 is 0 Å². The van der Waals surface area contributed by atoms with E-state index in [9.17, 15) is 4.79 Å². The van der Waals surface area contributed by atoms with Gasteiger partial charge in [-0.2, -0.15) is 0 Å². The van der Waals surface area contributed by atoms with Gasteiger partial charge in [-0.25, -0.2) is 0 Å².